The van der Waals surface area contributed by atoms with Crippen LogP contribution >= 0.6 is 0 Å². The van der Waals surface area contributed by atoms with Gasteiger partial charge in [0, 0.05) is 19.3 Å². The van der Waals surface area contributed by atoms with Gasteiger partial charge in [-0.3, -0.25) is 14.4 Å². The van der Waals surface area contributed by atoms with Crippen molar-refractivity contribution in [2.45, 2.75) is 213 Å². The molecule has 1 atom stereocenters. The summed E-state index contributed by atoms with van der Waals surface area (Å²) in [5.41, 5.74) is 0. The molecule has 0 aliphatic heterocycles. The van der Waals surface area contributed by atoms with E-state index >= 15 is 0 Å². The first kappa shape index (κ1) is 63.3. The Kier molecular flexibility index (Phi) is 51.1. The molecule has 0 saturated carbocycles. The summed E-state index contributed by atoms with van der Waals surface area (Å²) in [5.74, 6) is -1.03. The van der Waals surface area contributed by atoms with E-state index in [0.29, 0.717) is 12.8 Å². The molecular weight excluding hydrogens is 841 g/mol. The maximum Gasteiger partial charge on any atom is 0.306 e. The van der Waals surface area contributed by atoms with Gasteiger partial charge in [0.05, 0.1) is 0 Å². The molecule has 0 heterocycles. The van der Waals surface area contributed by atoms with E-state index in [2.05, 4.69) is 112 Å². The smallest absolute Gasteiger partial charge is 0.306 e. The molecule has 0 bridgehead atoms. The van der Waals surface area contributed by atoms with Gasteiger partial charge in [-0.05, 0) is 89.9 Å². The number of carbonyl (C=O) groups is 3. The molecule has 0 spiro atoms. The van der Waals surface area contributed by atoms with Gasteiger partial charge in [0.15, 0.2) is 6.10 Å². The van der Waals surface area contributed by atoms with E-state index < -0.39 is 6.10 Å². The van der Waals surface area contributed by atoms with Gasteiger partial charge in [0.25, 0.3) is 0 Å². The molecule has 0 amide bonds. The van der Waals surface area contributed by atoms with Crippen molar-refractivity contribution >= 4 is 17.9 Å². The average Bonchev–Trinajstić information content (AvgIpc) is 3.34. The zero-order chi connectivity index (χ0) is 49.3. The highest BCUT2D eigenvalue weighted by atomic mass is 16.6. The van der Waals surface area contributed by atoms with Crippen LogP contribution in [0, 0.1) is 0 Å². The maximum atomic E-state index is 12.8. The Hall–Kier alpha value is -4.71. The molecule has 380 valence electrons. The zero-order valence-corrected chi connectivity index (χ0v) is 43.3. The Balaban J connectivity index is 4.54. The summed E-state index contributed by atoms with van der Waals surface area (Å²) in [7, 11) is 0. The van der Waals surface area contributed by atoms with Gasteiger partial charge in [-0.1, -0.05) is 244 Å². The predicted molar refractivity (Wildman–Crippen MR) is 292 cm³/mol. The minimum atomic E-state index is -0.828. The molecule has 0 aromatic carbocycles. The van der Waals surface area contributed by atoms with Crippen molar-refractivity contribution in [1.82, 2.24) is 0 Å². The monoisotopic (exact) mass is 937 g/mol. The molecule has 0 radical (unpaired) electrons. The third-order valence-corrected chi connectivity index (χ3v) is 10.8. The predicted octanol–water partition coefficient (Wildman–Crippen LogP) is 18.0. The molecule has 68 heavy (non-hydrogen) atoms. The van der Waals surface area contributed by atoms with Gasteiger partial charge in [0.2, 0.25) is 0 Å². The third kappa shape index (κ3) is 52.3. The topological polar surface area (TPSA) is 78.9 Å². The Labute approximate surface area is 417 Å². The lowest BCUT2D eigenvalue weighted by molar-refractivity contribution is -0.167. The molecule has 0 saturated heterocycles. The minimum absolute atomic E-state index is 0.119. The molecule has 0 fully saturated rings. The summed E-state index contributed by atoms with van der Waals surface area (Å²) >= 11 is 0. The van der Waals surface area contributed by atoms with Gasteiger partial charge >= 0.3 is 17.9 Å². The molecular formula is C62H96O6. The van der Waals surface area contributed by atoms with Crippen LogP contribution in [-0.2, 0) is 28.6 Å². The number of rotatable bonds is 46. The number of hydrogen-bond donors (Lipinski definition) is 0. The van der Waals surface area contributed by atoms with E-state index in [9.17, 15) is 14.4 Å². The third-order valence-electron chi connectivity index (χ3n) is 10.8. The number of unbranched alkanes of at least 4 members (excludes halogenated alkanes) is 18. The Bertz CT molecular complexity index is 1540. The van der Waals surface area contributed by atoms with E-state index in [1.165, 1.54) is 57.8 Å². The quantitative estimate of drug-likeness (QED) is 0.0199. The van der Waals surface area contributed by atoms with Crippen LogP contribution in [0.3, 0.4) is 0 Å². The lowest BCUT2D eigenvalue weighted by Crippen LogP contribution is -2.30. The molecule has 6 nitrogen and oxygen atoms in total. The number of ether oxygens (including phenoxy) is 3. The highest BCUT2D eigenvalue weighted by Gasteiger charge is 2.19. The van der Waals surface area contributed by atoms with Crippen LogP contribution in [0.25, 0.3) is 0 Å². The van der Waals surface area contributed by atoms with Crippen LogP contribution in [0.2, 0.25) is 0 Å². The molecule has 1 unspecified atom stereocenters. The summed E-state index contributed by atoms with van der Waals surface area (Å²) in [6, 6.07) is 0. The van der Waals surface area contributed by atoms with Gasteiger partial charge in [-0.25, -0.2) is 0 Å². The highest BCUT2D eigenvalue weighted by Crippen LogP contribution is 2.14. The van der Waals surface area contributed by atoms with Crippen molar-refractivity contribution in [3.05, 3.63) is 146 Å². The minimum Gasteiger partial charge on any atom is -0.462 e. The van der Waals surface area contributed by atoms with E-state index in [1.54, 1.807) is 0 Å². The fraction of sp³-hybridized carbons (Fsp3) is 0.565. The fourth-order valence-electron chi connectivity index (χ4n) is 6.79. The largest absolute Gasteiger partial charge is 0.462 e. The first-order valence-corrected chi connectivity index (χ1v) is 27.0. The van der Waals surface area contributed by atoms with Crippen LogP contribution < -0.4 is 0 Å². The average molecular weight is 937 g/mol. The number of carbonyl (C=O) groups excluding carboxylic acids is 3. The summed E-state index contributed by atoms with van der Waals surface area (Å²) in [4.78, 5) is 38.0. The highest BCUT2D eigenvalue weighted by molar-refractivity contribution is 5.71. The van der Waals surface area contributed by atoms with Crippen molar-refractivity contribution in [2.75, 3.05) is 13.2 Å². The zero-order valence-electron chi connectivity index (χ0n) is 43.3. The second-order valence-corrected chi connectivity index (χ2v) is 17.2. The van der Waals surface area contributed by atoms with Gasteiger partial charge in [0.1, 0.15) is 13.2 Å². The Morgan fingerprint density at radius 3 is 1.13 bits per heavy atom. The SMILES string of the molecule is CC/C=C/C=C/C=C/C=C/C=C/CCCC(=O)OCC(COC(=O)CCCCCCCCCCC/C=C/C/C=C/C/C=C/CC)OC(=O)CCCCCCC/C=C/C=C/C=C/C=C/CCCCC. The van der Waals surface area contributed by atoms with Crippen LogP contribution in [0.1, 0.15) is 207 Å². The summed E-state index contributed by atoms with van der Waals surface area (Å²) in [6.07, 6.45) is 78.3. The van der Waals surface area contributed by atoms with E-state index in [0.717, 1.165) is 103 Å². The summed E-state index contributed by atoms with van der Waals surface area (Å²) < 4.78 is 16.7. The van der Waals surface area contributed by atoms with Gasteiger partial charge in [-0.2, -0.15) is 0 Å². The van der Waals surface area contributed by atoms with E-state index in [4.69, 9.17) is 14.2 Å². The van der Waals surface area contributed by atoms with Crippen LogP contribution in [0.5, 0.6) is 0 Å². The standard InChI is InChI=1S/C62H96O6/c1-4-7-10-13-16-19-22-25-27-29-31-33-34-37-40-43-46-49-52-55-61(64)67-58-59(57-66-60(63)54-51-48-45-42-39-36-24-21-18-15-12-9-6-3)68-62(65)56-53-50-47-44-41-38-35-32-30-28-26-23-20-17-14-11-8-5-2/h7,9-10,12,15-21,23-28,30,32,35-36,39,42,45,59H,4-6,8,11,13-14,22,29,31,33-34,37-38,40-41,43-44,46-58H2,1-3H3/b10-7+,12-9+,18-15+,19-16+,20-17+,24-21+,26-23+,27-25+,30-28+,35-32+,39-36+,45-42+. The first-order valence-electron chi connectivity index (χ1n) is 27.0. The van der Waals surface area contributed by atoms with Crippen LogP contribution in [0.15, 0.2) is 146 Å². The lowest BCUT2D eigenvalue weighted by Gasteiger charge is -2.18. The number of hydrogen-bond acceptors (Lipinski definition) is 6. The van der Waals surface area contributed by atoms with Crippen molar-refractivity contribution in [3.63, 3.8) is 0 Å². The normalized spacial score (nSPS) is 13.3. The van der Waals surface area contributed by atoms with E-state index in [1.807, 2.05) is 54.7 Å². The second-order valence-electron chi connectivity index (χ2n) is 17.2. The fourth-order valence-corrected chi connectivity index (χ4v) is 6.79. The lowest BCUT2D eigenvalue weighted by atomic mass is 10.1. The van der Waals surface area contributed by atoms with Crippen LogP contribution in [-0.4, -0.2) is 37.2 Å². The molecule has 0 aliphatic carbocycles. The molecule has 0 aliphatic rings. The number of allylic oxidation sites excluding steroid dienone is 24. The number of esters is 3. The molecule has 0 N–H and O–H groups in total. The van der Waals surface area contributed by atoms with Crippen molar-refractivity contribution in [3.8, 4) is 0 Å². The Morgan fingerprint density at radius 1 is 0.324 bits per heavy atom. The summed E-state index contributed by atoms with van der Waals surface area (Å²) in [5, 5.41) is 0. The van der Waals surface area contributed by atoms with Crippen molar-refractivity contribution in [2.24, 2.45) is 0 Å². The molecule has 6 heteroatoms. The Morgan fingerprint density at radius 2 is 0.662 bits per heavy atom. The summed E-state index contributed by atoms with van der Waals surface area (Å²) in [6.45, 7) is 6.24. The molecule has 0 aromatic heterocycles. The van der Waals surface area contributed by atoms with Gasteiger partial charge in [-0.15, -0.1) is 0 Å². The first-order chi connectivity index (χ1) is 33.5. The maximum absolute atomic E-state index is 12.8. The molecule has 0 rings (SSSR count). The second kappa shape index (κ2) is 54.9. The van der Waals surface area contributed by atoms with E-state index in [-0.39, 0.29) is 44.0 Å². The van der Waals surface area contributed by atoms with Crippen LogP contribution in [0.4, 0.5) is 0 Å². The molecule has 0 aromatic rings. The van der Waals surface area contributed by atoms with Gasteiger partial charge < -0.3 is 14.2 Å². The van der Waals surface area contributed by atoms with Crippen molar-refractivity contribution in [1.29, 1.82) is 0 Å². The van der Waals surface area contributed by atoms with Crippen molar-refractivity contribution < 1.29 is 28.6 Å².